The molecule has 0 radical (unpaired) electrons. The van der Waals surface area contributed by atoms with Gasteiger partial charge in [-0.3, -0.25) is 9.78 Å². The fourth-order valence-electron chi connectivity index (χ4n) is 2.24. The highest BCUT2D eigenvalue weighted by atomic mass is 19.1. The number of rotatable bonds is 5. The predicted octanol–water partition coefficient (Wildman–Crippen LogP) is 3.48. The van der Waals surface area contributed by atoms with Crippen LogP contribution in [-0.2, 0) is 17.8 Å². The van der Waals surface area contributed by atoms with Crippen molar-refractivity contribution >= 4 is 5.91 Å². The second kappa shape index (κ2) is 7.04. The highest BCUT2D eigenvalue weighted by Gasteiger charge is 2.10. The second-order valence-corrected chi connectivity index (χ2v) is 5.22. The molecule has 2 aromatic heterocycles. The van der Waals surface area contributed by atoms with Crippen LogP contribution in [0.3, 0.4) is 0 Å². The normalized spacial score (nSPS) is 10.6. The number of aromatic nitrogens is 1. The zero-order valence-corrected chi connectivity index (χ0v) is 12.6. The number of halogens is 2. The molecule has 3 rings (SSSR count). The van der Waals surface area contributed by atoms with Crippen LogP contribution in [0, 0.1) is 11.6 Å². The second-order valence-electron chi connectivity index (χ2n) is 5.22. The Bertz CT molecular complexity index is 848. The molecule has 6 heteroatoms. The predicted molar refractivity (Wildman–Crippen MR) is 83.8 cm³/mol. The van der Waals surface area contributed by atoms with Crippen LogP contribution in [0.1, 0.15) is 11.1 Å². The lowest BCUT2D eigenvalue weighted by molar-refractivity contribution is -0.120. The lowest BCUT2D eigenvalue weighted by Crippen LogP contribution is -2.25. The number of carbonyl (C=O) groups excluding carboxylic acids is 1. The van der Waals surface area contributed by atoms with E-state index in [9.17, 15) is 13.6 Å². The average Bonchev–Trinajstić information content (AvgIpc) is 3.10. The van der Waals surface area contributed by atoms with Crippen molar-refractivity contribution in [2.45, 2.75) is 13.0 Å². The summed E-state index contributed by atoms with van der Waals surface area (Å²) >= 11 is 0. The van der Waals surface area contributed by atoms with Crippen LogP contribution in [0.25, 0.3) is 11.5 Å². The third-order valence-electron chi connectivity index (χ3n) is 3.45. The Kier molecular flexibility index (Phi) is 4.65. The number of pyridine rings is 1. The van der Waals surface area contributed by atoms with Crippen LogP contribution >= 0.6 is 0 Å². The van der Waals surface area contributed by atoms with Gasteiger partial charge in [0.2, 0.25) is 5.91 Å². The van der Waals surface area contributed by atoms with Crippen LogP contribution in [0.5, 0.6) is 0 Å². The molecule has 122 valence electrons. The molecule has 0 unspecified atom stereocenters. The molecule has 24 heavy (non-hydrogen) atoms. The van der Waals surface area contributed by atoms with Crippen LogP contribution in [-0.4, -0.2) is 10.9 Å². The van der Waals surface area contributed by atoms with Crippen LogP contribution < -0.4 is 5.32 Å². The Hall–Kier alpha value is -3.02. The van der Waals surface area contributed by atoms with Crippen LogP contribution in [0.4, 0.5) is 8.78 Å². The van der Waals surface area contributed by atoms with E-state index in [4.69, 9.17) is 4.42 Å². The first-order valence-corrected chi connectivity index (χ1v) is 7.31. The first kappa shape index (κ1) is 15.9. The number of carbonyl (C=O) groups is 1. The van der Waals surface area contributed by atoms with Crippen molar-refractivity contribution in [3.05, 3.63) is 77.7 Å². The van der Waals surface area contributed by atoms with Gasteiger partial charge >= 0.3 is 0 Å². The van der Waals surface area contributed by atoms with Crippen LogP contribution in [0.2, 0.25) is 0 Å². The molecule has 3 aromatic rings. The number of nitrogens with zero attached hydrogens (tertiary/aromatic N) is 1. The van der Waals surface area contributed by atoms with Crippen LogP contribution in [0.15, 0.2) is 59.3 Å². The van der Waals surface area contributed by atoms with Gasteiger partial charge in [0.1, 0.15) is 17.3 Å². The van der Waals surface area contributed by atoms with Crippen molar-refractivity contribution in [2.24, 2.45) is 0 Å². The molecule has 4 nitrogen and oxygen atoms in total. The van der Waals surface area contributed by atoms with Gasteiger partial charge in [-0.15, -0.1) is 0 Å². The standard InChI is InChI=1S/C18H14F2N2O2/c19-14-4-3-13(15(20)10-14)9-18(23)22-11-12-5-6-21-16(8-12)17-2-1-7-24-17/h1-8,10H,9,11H2,(H,22,23). The maximum atomic E-state index is 13.5. The summed E-state index contributed by atoms with van der Waals surface area (Å²) in [5, 5.41) is 2.70. The van der Waals surface area contributed by atoms with Crippen molar-refractivity contribution < 1.29 is 18.0 Å². The topological polar surface area (TPSA) is 55.1 Å². The Labute approximate surface area is 137 Å². The maximum absolute atomic E-state index is 13.5. The Morgan fingerprint density at radius 2 is 2.04 bits per heavy atom. The number of hydrogen-bond acceptors (Lipinski definition) is 3. The lowest BCUT2D eigenvalue weighted by atomic mass is 10.1. The summed E-state index contributed by atoms with van der Waals surface area (Å²) in [5.41, 5.74) is 1.65. The molecule has 2 heterocycles. The minimum absolute atomic E-state index is 0.151. The Morgan fingerprint density at radius 3 is 2.79 bits per heavy atom. The van der Waals surface area contributed by atoms with Gasteiger partial charge in [-0.25, -0.2) is 8.78 Å². The third-order valence-corrected chi connectivity index (χ3v) is 3.45. The zero-order chi connectivity index (χ0) is 16.9. The molecule has 0 aliphatic rings. The molecule has 0 spiro atoms. The average molecular weight is 328 g/mol. The fraction of sp³-hybridized carbons (Fsp3) is 0.111. The molecule has 0 fully saturated rings. The number of furan rings is 1. The summed E-state index contributed by atoms with van der Waals surface area (Å²) < 4.78 is 31.7. The highest BCUT2D eigenvalue weighted by molar-refractivity contribution is 5.78. The monoisotopic (exact) mass is 328 g/mol. The molecular formula is C18H14F2N2O2. The van der Waals surface area contributed by atoms with Gasteiger partial charge < -0.3 is 9.73 Å². The number of hydrogen-bond donors (Lipinski definition) is 1. The molecule has 1 N–H and O–H groups in total. The van der Waals surface area contributed by atoms with E-state index in [1.54, 1.807) is 36.7 Å². The van der Waals surface area contributed by atoms with E-state index in [1.165, 1.54) is 6.07 Å². The minimum Gasteiger partial charge on any atom is -0.463 e. The molecule has 0 aliphatic carbocycles. The molecular weight excluding hydrogens is 314 g/mol. The minimum atomic E-state index is -0.728. The van der Waals surface area contributed by atoms with Gasteiger partial charge in [0, 0.05) is 18.8 Å². The van der Waals surface area contributed by atoms with Gasteiger partial charge in [0.25, 0.3) is 0 Å². The largest absolute Gasteiger partial charge is 0.463 e. The summed E-state index contributed by atoms with van der Waals surface area (Å²) in [4.78, 5) is 16.1. The summed E-state index contributed by atoms with van der Waals surface area (Å²) in [6, 6.07) is 10.3. The van der Waals surface area contributed by atoms with E-state index in [-0.39, 0.29) is 24.4 Å². The van der Waals surface area contributed by atoms with Gasteiger partial charge in [-0.1, -0.05) is 6.07 Å². The van der Waals surface area contributed by atoms with E-state index >= 15 is 0 Å². The SMILES string of the molecule is O=C(Cc1ccc(F)cc1F)NCc1ccnc(-c2ccco2)c1. The summed E-state index contributed by atoms with van der Waals surface area (Å²) in [7, 11) is 0. The molecule has 0 atom stereocenters. The van der Waals surface area contributed by atoms with Crippen molar-refractivity contribution in [3.8, 4) is 11.5 Å². The molecule has 1 amide bonds. The van der Waals surface area contributed by atoms with E-state index < -0.39 is 11.6 Å². The number of amides is 1. The zero-order valence-electron chi connectivity index (χ0n) is 12.6. The molecule has 0 aliphatic heterocycles. The number of benzene rings is 1. The first-order valence-electron chi connectivity index (χ1n) is 7.31. The fourth-order valence-corrected chi connectivity index (χ4v) is 2.24. The van der Waals surface area contributed by atoms with Crippen molar-refractivity contribution in [2.75, 3.05) is 0 Å². The highest BCUT2D eigenvalue weighted by Crippen LogP contribution is 2.18. The molecule has 1 aromatic carbocycles. The molecule has 0 bridgehead atoms. The van der Waals surface area contributed by atoms with E-state index in [0.717, 1.165) is 17.7 Å². The summed E-state index contributed by atoms with van der Waals surface area (Å²) in [6.45, 7) is 0.276. The third kappa shape index (κ3) is 3.84. The van der Waals surface area contributed by atoms with E-state index in [0.29, 0.717) is 11.5 Å². The van der Waals surface area contributed by atoms with Gasteiger partial charge in [0.15, 0.2) is 5.76 Å². The van der Waals surface area contributed by atoms with Crippen molar-refractivity contribution in [1.82, 2.24) is 10.3 Å². The van der Waals surface area contributed by atoms with Gasteiger partial charge in [-0.05, 0) is 41.5 Å². The lowest BCUT2D eigenvalue weighted by Gasteiger charge is -2.07. The van der Waals surface area contributed by atoms with Gasteiger partial charge in [-0.2, -0.15) is 0 Å². The van der Waals surface area contributed by atoms with Crippen molar-refractivity contribution in [1.29, 1.82) is 0 Å². The Balaban J connectivity index is 1.61. The molecule has 0 saturated carbocycles. The van der Waals surface area contributed by atoms with E-state index in [1.807, 2.05) is 0 Å². The van der Waals surface area contributed by atoms with Crippen molar-refractivity contribution in [3.63, 3.8) is 0 Å². The van der Waals surface area contributed by atoms with Gasteiger partial charge in [0.05, 0.1) is 12.7 Å². The summed E-state index contributed by atoms with van der Waals surface area (Å²) in [6.07, 6.45) is 3.03. The first-order chi connectivity index (χ1) is 11.6. The Morgan fingerprint density at radius 1 is 1.17 bits per heavy atom. The number of nitrogens with one attached hydrogen (secondary N) is 1. The maximum Gasteiger partial charge on any atom is 0.224 e. The quantitative estimate of drug-likeness (QED) is 0.780. The summed E-state index contributed by atoms with van der Waals surface area (Å²) in [5.74, 6) is -1.11. The smallest absolute Gasteiger partial charge is 0.224 e. The van der Waals surface area contributed by atoms with E-state index in [2.05, 4.69) is 10.3 Å². The molecule has 0 saturated heterocycles.